The number of likely N-dealkylation sites (tertiary alicyclic amines) is 1. The van der Waals surface area contributed by atoms with E-state index < -0.39 is 0 Å². The fourth-order valence-electron chi connectivity index (χ4n) is 2.10. The average molecular weight is 279 g/mol. The number of anilines is 1. The summed E-state index contributed by atoms with van der Waals surface area (Å²) in [4.78, 5) is 17.6. The highest BCUT2D eigenvalue weighted by Gasteiger charge is 2.29. The van der Waals surface area contributed by atoms with E-state index in [4.69, 9.17) is 0 Å². The Hall–Kier alpha value is -1.23. The Bertz CT molecular complexity index is 464. The number of nitrogens with zero attached hydrogens (tertiary/aromatic N) is 2. The smallest absolute Gasteiger partial charge is 0.222 e. The summed E-state index contributed by atoms with van der Waals surface area (Å²) in [5, 5.41) is 3.36. The van der Waals surface area contributed by atoms with Crippen molar-refractivity contribution in [2.24, 2.45) is 0 Å². The molecule has 1 aromatic heterocycles. The molecule has 1 amide bonds. The van der Waals surface area contributed by atoms with Crippen LogP contribution in [0.1, 0.15) is 32.8 Å². The van der Waals surface area contributed by atoms with Gasteiger partial charge in [-0.3, -0.25) is 4.79 Å². The quantitative estimate of drug-likeness (QED) is 0.831. The molecule has 0 radical (unpaired) electrons. The van der Waals surface area contributed by atoms with E-state index in [1.165, 1.54) is 0 Å². The second-order valence-electron chi connectivity index (χ2n) is 5.48. The molecule has 1 N–H and O–H groups in total. The lowest BCUT2D eigenvalue weighted by molar-refractivity contribution is -0.134. The predicted molar refractivity (Wildman–Crippen MR) is 80.5 cm³/mol. The first kappa shape index (κ1) is 14.2. The van der Waals surface area contributed by atoms with E-state index in [9.17, 15) is 4.79 Å². The minimum atomic E-state index is -0.177. The molecule has 1 aliphatic rings. The molecule has 0 unspecified atom stereocenters. The highest BCUT2D eigenvalue weighted by Crippen LogP contribution is 2.28. The Kier molecular flexibility index (Phi) is 4.04. The van der Waals surface area contributed by atoms with Crippen LogP contribution in [0.5, 0.6) is 0 Å². The molecule has 0 aliphatic carbocycles. The maximum absolute atomic E-state index is 11.5. The van der Waals surface area contributed by atoms with Crippen LogP contribution in [-0.2, 0) is 9.54 Å². The molecule has 0 bridgehead atoms. The normalized spacial score (nSPS) is 16.1. The molecule has 104 valence electrons. The number of rotatable bonds is 4. The minimum Gasteiger partial charge on any atom is -0.364 e. The molecule has 1 fully saturated rings. The summed E-state index contributed by atoms with van der Waals surface area (Å²) in [5.74, 6) is 1.07. The molecule has 0 spiro atoms. The van der Waals surface area contributed by atoms with Crippen molar-refractivity contribution in [3.8, 4) is 0 Å². The molecule has 0 atom stereocenters. The van der Waals surface area contributed by atoms with Crippen molar-refractivity contribution < 1.29 is 4.79 Å². The first-order valence-corrected chi connectivity index (χ1v) is 7.08. The van der Waals surface area contributed by atoms with Crippen molar-refractivity contribution in [2.45, 2.75) is 38.0 Å². The maximum Gasteiger partial charge on any atom is 0.222 e. The van der Waals surface area contributed by atoms with Crippen LogP contribution in [0.3, 0.4) is 0 Å². The van der Waals surface area contributed by atoms with Gasteiger partial charge in [-0.15, -0.1) is 0 Å². The van der Waals surface area contributed by atoms with Gasteiger partial charge in [-0.25, -0.2) is 4.98 Å². The highest BCUT2D eigenvalue weighted by atomic mass is 32.1. The number of thiol groups is 1. The van der Waals surface area contributed by atoms with Crippen LogP contribution in [0.15, 0.2) is 18.3 Å². The third kappa shape index (κ3) is 3.41. The molecule has 0 aromatic carbocycles. The van der Waals surface area contributed by atoms with Gasteiger partial charge in [-0.05, 0) is 31.5 Å². The molecular formula is C14H21N3OS. The monoisotopic (exact) mass is 279 g/mol. The number of aromatic nitrogens is 1. The second-order valence-corrected chi connectivity index (χ2v) is 6.60. The van der Waals surface area contributed by atoms with Crippen molar-refractivity contribution in [3.05, 3.63) is 23.9 Å². The first-order chi connectivity index (χ1) is 8.90. The topological polar surface area (TPSA) is 45.2 Å². The Morgan fingerprint density at radius 1 is 1.58 bits per heavy atom. The number of carbonyl (C=O) groups excluding carboxylic acids is 1. The van der Waals surface area contributed by atoms with Crippen molar-refractivity contribution in [2.75, 3.05) is 18.4 Å². The van der Waals surface area contributed by atoms with Gasteiger partial charge in [0.1, 0.15) is 5.82 Å². The van der Waals surface area contributed by atoms with Crippen LogP contribution in [0.25, 0.3) is 0 Å². The van der Waals surface area contributed by atoms with Gasteiger partial charge >= 0.3 is 0 Å². The van der Waals surface area contributed by atoms with Crippen molar-refractivity contribution >= 4 is 24.4 Å². The molecule has 2 rings (SSSR count). The number of hydrogen-bond donors (Lipinski definition) is 2. The number of hydrogen-bond acceptors (Lipinski definition) is 4. The summed E-state index contributed by atoms with van der Waals surface area (Å²) in [6.45, 7) is 7.54. The van der Waals surface area contributed by atoms with Crippen molar-refractivity contribution in [1.82, 2.24) is 9.88 Å². The number of pyridine rings is 1. The Labute approximate surface area is 120 Å². The van der Waals surface area contributed by atoms with Crippen LogP contribution in [-0.4, -0.2) is 34.9 Å². The summed E-state index contributed by atoms with van der Waals surface area (Å²) < 4.78 is -0.177. The number of carbonyl (C=O) groups is 1. The molecule has 0 saturated carbocycles. The van der Waals surface area contributed by atoms with Crippen molar-refractivity contribution in [3.63, 3.8) is 0 Å². The predicted octanol–water partition coefficient (Wildman–Crippen LogP) is 2.28. The summed E-state index contributed by atoms with van der Waals surface area (Å²) in [5.41, 5.74) is 1.13. The lowest BCUT2D eigenvalue weighted by atomic mass is 10.0. The molecular weight excluding hydrogens is 258 g/mol. The molecule has 1 aliphatic heterocycles. The Morgan fingerprint density at radius 2 is 2.26 bits per heavy atom. The Balaban J connectivity index is 1.93. The van der Waals surface area contributed by atoms with Crippen LogP contribution >= 0.6 is 12.6 Å². The van der Waals surface area contributed by atoms with Crippen LogP contribution in [0, 0.1) is 0 Å². The van der Waals surface area contributed by atoms with Gasteiger partial charge in [-0.2, -0.15) is 12.6 Å². The zero-order valence-electron chi connectivity index (χ0n) is 11.7. The van der Waals surface area contributed by atoms with Crippen LogP contribution in [0.4, 0.5) is 5.82 Å². The molecule has 1 saturated heterocycles. The summed E-state index contributed by atoms with van der Waals surface area (Å²) >= 11 is 4.56. The van der Waals surface area contributed by atoms with Gasteiger partial charge in [-0.1, -0.05) is 6.92 Å². The van der Waals surface area contributed by atoms with Gasteiger partial charge in [0.25, 0.3) is 0 Å². The lowest BCUT2D eigenvalue weighted by Gasteiger charge is -2.39. The van der Waals surface area contributed by atoms with Gasteiger partial charge in [0.2, 0.25) is 5.91 Å². The third-order valence-corrected chi connectivity index (χ3v) is 3.61. The Morgan fingerprint density at radius 3 is 2.84 bits per heavy atom. The third-order valence-electron chi connectivity index (χ3n) is 3.36. The molecule has 4 nitrogen and oxygen atoms in total. The molecule has 19 heavy (non-hydrogen) atoms. The van der Waals surface area contributed by atoms with Crippen molar-refractivity contribution in [1.29, 1.82) is 0 Å². The summed E-state index contributed by atoms with van der Waals surface area (Å²) in [6, 6.07) is 4.31. The molecule has 5 heteroatoms. The lowest BCUT2D eigenvalue weighted by Crippen LogP contribution is -2.56. The largest absolute Gasteiger partial charge is 0.364 e. The first-order valence-electron chi connectivity index (χ1n) is 6.63. The standard InChI is InChI=1S/C14H21N3OS/c1-4-13(18)17-8-11(9-17)16-12-7-10(5-6-15-12)14(2,3)19/h5-7,11,19H,4,8-9H2,1-3H3,(H,15,16). The van der Waals surface area contributed by atoms with E-state index in [-0.39, 0.29) is 10.7 Å². The fourth-order valence-corrected chi connectivity index (χ4v) is 2.24. The molecule has 2 heterocycles. The number of nitrogens with one attached hydrogen (secondary N) is 1. The van der Waals surface area contributed by atoms with Crippen LogP contribution < -0.4 is 5.32 Å². The zero-order chi connectivity index (χ0) is 14.0. The van der Waals surface area contributed by atoms with E-state index in [1.807, 2.05) is 24.0 Å². The number of amides is 1. The SMILES string of the molecule is CCC(=O)N1CC(Nc2cc(C(C)(C)S)ccn2)C1. The summed E-state index contributed by atoms with van der Waals surface area (Å²) in [6.07, 6.45) is 2.37. The van der Waals surface area contributed by atoms with Gasteiger partial charge in [0.15, 0.2) is 0 Å². The van der Waals surface area contributed by atoms with E-state index in [1.54, 1.807) is 6.20 Å². The van der Waals surface area contributed by atoms with Gasteiger partial charge in [0.05, 0.1) is 6.04 Å². The minimum absolute atomic E-state index is 0.177. The van der Waals surface area contributed by atoms with Gasteiger partial charge < -0.3 is 10.2 Å². The zero-order valence-corrected chi connectivity index (χ0v) is 12.6. The fraction of sp³-hybridized carbons (Fsp3) is 0.571. The maximum atomic E-state index is 11.5. The van der Waals surface area contributed by atoms with Crippen LogP contribution in [0.2, 0.25) is 0 Å². The summed E-state index contributed by atoms with van der Waals surface area (Å²) in [7, 11) is 0. The van der Waals surface area contributed by atoms with Gasteiger partial charge in [0, 0.05) is 30.5 Å². The van der Waals surface area contributed by atoms with E-state index in [0.29, 0.717) is 12.5 Å². The molecule has 1 aromatic rings. The van der Waals surface area contributed by atoms with E-state index in [2.05, 4.69) is 36.8 Å². The van der Waals surface area contributed by atoms with E-state index in [0.717, 1.165) is 24.5 Å². The second kappa shape index (κ2) is 5.41. The van der Waals surface area contributed by atoms with E-state index >= 15 is 0 Å². The highest BCUT2D eigenvalue weighted by molar-refractivity contribution is 7.81. The average Bonchev–Trinajstić information content (AvgIpc) is 2.31.